The number of hydrogen-bond donors (Lipinski definition) is 2. The number of hydrogen-bond acceptors (Lipinski definition) is 4. The van der Waals surface area contributed by atoms with Gasteiger partial charge < -0.3 is 5.41 Å². The van der Waals surface area contributed by atoms with E-state index in [-0.39, 0.29) is 0 Å². The van der Waals surface area contributed by atoms with Gasteiger partial charge in [-0.2, -0.15) is 8.42 Å². The van der Waals surface area contributed by atoms with Gasteiger partial charge >= 0.3 is 10.4 Å². The molecule has 6 heteroatoms. The molecule has 0 aliphatic heterocycles. The highest BCUT2D eigenvalue weighted by atomic mass is 32.3. The van der Waals surface area contributed by atoms with Gasteiger partial charge in [-0.05, 0) is 13.1 Å². The molecule has 0 rings (SSSR count). The van der Waals surface area contributed by atoms with Crippen molar-refractivity contribution in [3.05, 3.63) is 0 Å². The molecule has 0 atom stereocenters. The molecular weight excluding hydrogens is 146 g/mol. The van der Waals surface area contributed by atoms with E-state index in [4.69, 9.17) is 9.96 Å². The van der Waals surface area contributed by atoms with Crippen LogP contribution in [0.4, 0.5) is 0 Å². The van der Waals surface area contributed by atoms with Crippen LogP contribution in [0.1, 0.15) is 6.92 Å². The Labute approximate surface area is 54.1 Å². The second kappa shape index (κ2) is 5.67. The lowest BCUT2D eigenvalue weighted by Gasteiger charge is -1.82. The quantitative estimate of drug-likeness (QED) is 0.415. The van der Waals surface area contributed by atoms with Crippen molar-refractivity contribution in [2.75, 3.05) is 7.11 Å². The Bertz CT molecular complexity index is 149. The summed E-state index contributed by atoms with van der Waals surface area (Å²) < 4.78 is 29.7. The van der Waals surface area contributed by atoms with Crippen molar-refractivity contribution in [3.8, 4) is 0 Å². The Hall–Kier alpha value is -0.460. The lowest BCUT2D eigenvalue weighted by atomic mass is 10.9. The van der Waals surface area contributed by atoms with Crippen LogP contribution in [0.15, 0.2) is 0 Å². The largest absolute Gasteiger partial charge is 0.397 e. The van der Waals surface area contributed by atoms with Crippen LogP contribution in [-0.4, -0.2) is 26.3 Å². The maximum Gasteiger partial charge on any atom is 0.397 e. The lowest BCUT2D eigenvalue weighted by molar-refractivity contribution is 0.324. The molecule has 0 saturated heterocycles. The molecule has 2 N–H and O–H groups in total. The van der Waals surface area contributed by atoms with Gasteiger partial charge in [0.05, 0.1) is 7.11 Å². The smallest absolute Gasteiger partial charge is 0.313 e. The van der Waals surface area contributed by atoms with E-state index in [0.29, 0.717) is 0 Å². The second-order valence-corrected chi connectivity index (χ2v) is 2.07. The van der Waals surface area contributed by atoms with Crippen LogP contribution >= 0.6 is 0 Å². The van der Waals surface area contributed by atoms with E-state index in [1.54, 1.807) is 6.92 Å². The van der Waals surface area contributed by atoms with Crippen LogP contribution in [0.2, 0.25) is 0 Å². The summed E-state index contributed by atoms with van der Waals surface area (Å²) >= 11 is 0. The van der Waals surface area contributed by atoms with Crippen LogP contribution < -0.4 is 0 Å². The molecule has 0 aromatic heterocycles. The van der Waals surface area contributed by atoms with Crippen molar-refractivity contribution in [3.63, 3.8) is 0 Å². The van der Waals surface area contributed by atoms with Gasteiger partial charge in [-0.15, -0.1) is 0 Å². The molecule has 0 aromatic rings. The molecule has 5 nitrogen and oxygen atoms in total. The van der Waals surface area contributed by atoms with Gasteiger partial charge in [0, 0.05) is 0 Å². The Morgan fingerprint density at radius 1 is 1.67 bits per heavy atom. The van der Waals surface area contributed by atoms with E-state index < -0.39 is 10.4 Å². The van der Waals surface area contributed by atoms with Gasteiger partial charge in [0.2, 0.25) is 0 Å². The van der Waals surface area contributed by atoms with Crippen molar-refractivity contribution >= 4 is 16.6 Å². The third-order valence-corrected chi connectivity index (χ3v) is 0.632. The van der Waals surface area contributed by atoms with Crippen molar-refractivity contribution in [2.24, 2.45) is 0 Å². The topological polar surface area (TPSA) is 87.5 Å². The first-order chi connectivity index (χ1) is 3.97. The minimum Gasteiger partial charge on any atom is -0.313 e. The predicted molar refractivity (Wildman–Crippen MR) is 33.0 cm³/mol. The molecule has 0 fully saturated rings. The fraction of sp³-hybridized carbons (Fsp3) is 0.667. The zero-order valence-corrected chi connectivity index (χ0v) is 5.97. The third-order valence-electron chi connectivity index (χ3n) is 0.211. The van der Waals surface area contributed by atoms with Crippen LogP contribution in [0.25, 0.3) is 0 Å². The van der Waals surface area contributed by atoms with Crippen LogP contribution in [-0.2, 0) is 14.6 Å². The molecule has 0 amide bonds. The first-order valence-electron chi connectivity index (χ1n) is 1.96. The first kappa shape index (κ1) is 11.4. The highest BCUT2D eigenvalue weighted by molar-refractivity contribution is 7.80. The summed E-state index contributed by atoms with van der Waals surface area (Å²) in [6, 6.07) is 0. The molecule has 0 unspecified atom stereocenters. The van der Waals surface area contributed by atoms with Crippen molar-refractivity contribution in [2.45, 2.75) is 6.92 Å². The Morgan fingerprint density at radius 3 is 1.78 bits per heavy atom. The molecule has 56 valence electrons. The number of nitrogens with one attached hydrogen (secondary N) is 1. The Morgan fingerprint density at radius 2 is 1.78 bits per heavy atom. The van der Waals surface area contributed by atoms with E-state index >= 15 is 0 Å². The number of rotatable bonds is 1. The SMILES string of the molecule is CC=N.COS(=O)(=O)O. The maximum absolute atomic E-state index is 9.33. The molecule has 0 aliphatic rings. The van der Waals surface area contributed by atoms with Gasteiger partial charge in [-0.3, -0.25) is 8.74 Å². The third kappa shape index (κ3) is 35.9. The summed E-state index contributed by atoms with van der Waals surface area (Å²) in [5.41, 5.74) is 0. The summed E-state index contributed by atoms with van der Waals surface area (Å²) in [6.07, 6.45) is 1.25. The molecule has 0 bridgehead atoms. The van der Waals surface area contributed by atoms with Gasteiger partial charge in [-0.1, -0.05) is 0 Å². The fourth-order valence-corrected chi connectivity index (χ4v) is 0. The zero-order valence-electron chi connectivity index (χ0n) is 5.16. The molecule has 0 radical (unpaired) electrons. The normalized spacial score (nSPS) is 9.22. The molecule has 0 saturated carbocycles. The van der Waals surface area contributed by atoms with Gasteiger partial charge in [0.25, 0.3) is 0 Å². The minimum absolute atomic E-state index is 0.870. The monoisotopic (exact) mass is 155 g/mol. The average Bonchev–Trinajstić information content (AvgIpc) is 1.67. The van der Waals surface area contributed by atoms with E-state index in [2.05, 4.69) is 4.18 Å². The van der Waals surface area contributed by atoms with Gasteiger partial charge in [0.1, 0.15) is 0 Å². The highest BCUT2D eigenvalue weighted by Crippen LogP contribution is 1.74. The summed E-state index contributed by atoms with van der Waals surface area (Å²) in [5.74, 6) is 0. The van der Waals surface area contributed by atoms with E-state index in [0.717, 1.165) is 7.11 Å². The summed E-state index contributed by atoms with van der Waals surface area (Å²) in [4.78, 5) is 0. The minimum atomic E-state index is -4.16. The van der Waals surface area contributed by atoms with Crippen LogP contribution in [0.3, 0.4) is 0 Å². The van der Waals surface area contributed by atoms with Gasteiger partial charge in [-0.25, -0.2) is 0 Å². The summed E-state index contributed by atoms with van der Waals surface area (Å²) in [7, 11) is -3.29. The molecule has 9 heavy (non-hydrogen) atoms. The first-order valence-corrected chi connectivity index (χ1v) is 3.32. The standard InChI is InChI=1S/C2H5N.CH4O4S/c1-2-3;1-5-6(2,3)4/h2-3H,1H3;1H3,(H,2,3,4). The molecular formula is C3H9NO4S. The van der Waals surface area contributed by atoms with E-state index in [1.807, 2.05) is 0 Å². The summed E-state index contributed by atoms with van der Waals surface area (Å²) in [6.45, 7) is 1.67. The lowest BCUT2D eigenvalue weighted by Crippen LogP contribution is -1.96. The predicted octanol–water partition coefficient (Wildman–Crippen LogP) is 0.0915. The summed E-state index contributed by atoms with van der Waals surface area (Å²) in [5, 5.41) is 6.08. The van der Waals surface area contributed by atoms with E-state index in [9.17, 15) is 8.42 Å². The van der Waals surface area contributed by atoms with Crippen molar-refractivity contribution in [1.29, 1.82) is 5.41 Å². The Balaban J connectivity index is 0. The molecule has 0 spiro atoms. The maximum atomic E-state index is 9.33. The van der Waals surface area contributed by atoms with E-state index in [1.165, 1.54) is 6.21 Å². The molecule has 0 aliphatic carbocycles. The molecule has 0 heterocycles. The molecule has 0 aromatic carbocycles. The van der Waals surface area contributed by atoms with Crippen molar-refractivity contribution < 1.29 is 17.2 Å². The Kier molecular flexibility index (Phi) is 7.15. The van der Waals surface area contributed by atoms with Crippen molar-refractivity contribution in [1.82, 2.24) is 0 Å². The zero-order chi connectivity index (χ0) is 7.91. The van der Waals surface area contributed by atoms with Crippen LogP contribution in [0.5, 0.6) is 0 Å². The van der Waals surface area contributed by atoms with Crippen LogP contribution in [0, 0.1) is 5.41 Å². The second-order valence-electron chi connectivity index (χ2n) is 0.883. The highest BCUT2D eigenvalue weighted by Gasteiger charge is 1.93. The fourth-order valence-electron chi connectivity index (χ4n) is 0. The van der Waals surface area contributed by atoms with Gasteiger partial charge in [0.15, 0.2) is 0 Å². The average molecular weight is 155 g/mol.